The summed E-state index contributed by atoms with van der Waals surface area (Å²) in [6, 6.07) is 9.32. The van der Waals surface area contributed by atoms with Crippen LogP contribution in [-0.4, -0.2) is 9.38 Å². The number of hydrogen-bond donors (Lipinski definition) is 0. The number of nitrogens with zero attached hydrogens (tertiary/aromatic N) is 2. The summed E-state index contributed by atoms with van der Waals surface area (Å²) >= 11 is 0. The van der Waals surface area contributed by atoms with Gasteiger partial charge >= 0.3 is 0 Å². The third-order valence-electron chi connectivity index (χ3n) is 3.38. The topological polar surface area (TPSA) is 17.3 Å². The smallest absolute Gasteiger partial charge is 0.131 e. The van der Waals surface area contributed by atoms with Crippen molar-refractivity contribution in [3.8, 4) is 11.1 Å². The predicted octanol–water partition coefficient (Wildman–Crippen LogP) is 4.26. The van der Waals surface area contributed by atoms with Gasteiger partial charge in [-0.1, -0.05) is 32.0 Å². The molecule has 19 heavy (non-hydrogen) atoms. The van der Waals surface area contributed by atoms with Gasteiger partial charge in [-0.15, -0.1) is 0 Å². The van der Waals surface area contributed by atoms with Crippen LogP contribution in [-0.2, 0) is 0 Å². The molecular weight excluding hydrogens is 239 g/mol. The number of hydrogen-bond acceptors (Lipinski definition) is 1. The average molecular weight is 254 g/mol. The summed E-state index contributed by atoms with van der Waals surface area (Å²) in [5.74, 6) is 0.158. The van der Waals surface area contributed by atoms with Crippen LogP contribution in [0, 0.1) is 5.82 Å². The summed E-state index contributed by atoms with van der Waals surface area (Å²) in [6.45, 7) is 4.12. The first-order valence-corrected chi connectivity index (χ1v) is 6.36. The van der Waals surface area contributed by atoms with Gasteiger partial charge in [0.1, 0.15) is 5.82 Å². The predicted molar refractivity (Wildman–Crippen MR) is 74.7 cm³/mol. The third kappa shape index (κ3) is 2.12. The number of aromatic nitrogens is 2. The monoisotopic (exact) mass is 254 g/mol. The quantitative estimate of drug-likeness (QED) is 0.667. The second-order valence-corrected chi connectivity index (χ2v) is 5.04. The molecule has 0 N–H and O–H groups in total. The van der Waals surface area contributed by atoms with Crippen molar-refractivity contribution in [1.29, 1.82) is 0 Å². The fourth-order valence-electron chi connectivity index (χ4n) is 2.20. The van der Waals surface area contributed by atoms with Crippen LogP contribution in [0.4, 0.5) is 4.39 Å². The van der Waals surface area contributed by atoms with E-state index in [1.807, 2.05) is 34.9 Å². The van der Waals surface area contributed by atoms with Crippen LogP contribution in [0.25, 0.3) is 16.6 Å². The van der Waals surface area contributed by atoms with E-state index in [0.717, 1.165) is 16.6 Å². The lowest BCUT2D eigenvalue weighted by molar-refractivity contribution is 0.626. The van der Waals surface area contributed by atoms with Gasteiger partial charge in [0.05, 0.1) is 18.0 Å². The summed E-state index contributed by atoms with van der Waals surface area (Å²) in [6.07, 6.45) is 5.40. The van der Waals surface area contributed by atoms with E-state index >= 15 is 0 Å². The first kappa shape index (κ1) is 11.9. The van der Waals surface area contributed by atoms with Gasteiger partial charge in [0.2, 0.25) is 0 Å². The normalized spacial score (nSPS) is 11.4. The molecule has 0 spiro atoms. The van der Waals surface area contributed by atoms with Crippen LogP contribution < -0.4 is 0 Å². The third-order valence-corrected chi connectivity index (χ3v) is 3.38. The van der Waals surface area contributed by atoms with E-state index in [1.165, 1.54) is 0 Å². The molecule has 0 radical (unpaired) electrons. The number of rotatable bonds is 2. The Morgan fingerprint density at radius 2 is 2.00 bits per heavy atom. The lowest BCUT2D eigenvalue weighted by Gasteiger charge is -2.09. The van der Waals surface area contributed by atoms with E-state index in [4.69, 9.17) is 0 Å². The molecule has 0 fully saturated rings. The Kier molecular flexibility index (Phi) is 2.82. The zero-order valence-electron chi connectivity index (χ0n) is 11.0. The number of fused-ring (bicyclic) bond motifs is 1. The molecule has 0 atom stereocenters. The molecule has 0 aliphatic rings. The molecule has 1 aromatic carbocycles. The molecule has 0 bridgehead atoms. The van der Waals surface area contributed by atoms with Crippen LogP contribution in [0.1, 0.15) is 25.3 Å². The minimum atomic E-state index is -0.175. The number of halogens is 1. The lowest BCUT2D eigenvalue weighted by Crippen LogP contribution is -1.92. The number of pyridine rings is 1. The van der Waals surface area contributed by atoms with Crippen molar-refractivity contribution in [2.75, 3.05) is 0 Å². The van der Waals surface area contributed by atoms with Gasteiger partial charge < -0.3 is 4.40 Å². The molecule has 96 valence electrons. The highest BCUT2D eigenvalue weighted by atomic mass is 19.1. The van der Waals surface area contributed by atoms with Crippen molar-refractivity contribution in [2.45, 2.75) is 19.8 Å². The fourth-order valence-corrected chi connectivity index (χ4v) is 2.20. The van der Waals surface area contributed by atoms with Crippen molar-refractivity contribution >= 4 is 5.52 Å². The van der Waals surface area contributed by atoms with Gasteiger partial charge in [0, 0.05) is 17.3 Å². The maximum atomic E-state index is 14.2. The zero-order chi connectivity index (χ0) is 13.4. The van der Waals surface area contributed by atoms with E-state index in [1.54, 1.807) is 18.6 Å². The Morgan fingerprint density at radius 1 is 1.16 bits per heavy atom. The maximum Gasteiger partial charge on any atom is 0.131 e. The highest BCUT2D eigenvalue weighted by Gasteiger charge is 2.08. The summed E-state index contributed by atoms with van der Waals surface area (Å²) in [7, 11) is 0. The Bertz CT molecular complexity index is 728. The summed E-state index contributed by atoms with van der Waals surface area (Å²) in [4.78, 5) is 4.07. The van der Waals surface area contributed by atoms with E-state index in [9.17, 15) is 4.39 Å². The minimum Gasteiger partial charge on any atom is -0.306 e. The molecule has 0 aliphatic carbocycles. The molecule has 3 rings (SSSR count). The molecule has 3 heteroatoms. The molecule has 0 saturated carbocycles. The van der Waals surface area contributed by atoms with E-state index in [0.29, 0.717) is 11.5 Å². The second kappa shape index (κ2) is 4.50. The van der Waals surface area contributed by atoms with Crippen molar-refractivity contribution in [3.63, 3.8) is 0 Å². The van der Waals surface area contributed by atoms with Crippen LogP contribution >= 0.6 is 0 Å². The van der Waals surface area contributed by atoms with Gasteiger partial charge in [-0.2, -0.15) is 0 Å². The van der Waals surface area contributed by atoms with E-state index in [2.05, 4.69) is 18.8 Å². The summed E-state index contributed by atoms with van der Waals surface area (Å²) in [5, 5.41) is 0. The highest BCUT2D eigenvalue weighted by Crippen LogP contribution is 2.26. The Balaban J connectivity index is 2.10. The SMILES string of the molecule is CC(C)c1ccc(-c2ccc3cncn3c2)c(F)c1. The number of benzene rings is 1. The van der Waals surface area contributed by atoms with Gasteiger partial charge in [-0.05, 0) is 23.6 Å². The van der Waals surface area contributed by atoms with Crippen molar-refractivity contribution in [2.24, 2.45) is 0 Å². The van der Waals surface area contributed by atoms with E-state index < -0.39 is 0 Å². The van der Waals surface area contributed by atoms with Gasteiger partial charge in [0.25, 0.3) is 0 Å². The minimum absolute atomic E-state index is 0.175. The Hall–Kier alpha value is -2.16. The summed E-state index contributed by atoms with van der Waals surface area (Å²) < 4.78 is 16.1. The lowest BCUT2D eigenvalue weighted by atomic mass is 9.99. The van der Waals surface area contributed by atoms with E-state index in [-0.39, 0.29) is 5.82 Å². The van der Waals surface area contributed by atoms with Gasteiger partial charge in [-0.25, -0.2) is 9.37 Å². The first-order chi connectivity index (χ1) is 9.15. The molecule has 0 unspecified atom stereocenters. The molecule has 0 aliphatic heterocycles. The van der Waals surface area contributed by atoms with Crippen LogP contribution in [0.15, 0.2) is 49.1 Å². The van der Waals surface area contributed by atoms with Crippen LogP contribution in [0.5, 0.6) is 0 Å². The first-order valence-electron chi connectivity index (χ1n) is 6.36. The van der Waals surface area contributed by atoms with Crippen LogP contribution in [0.2, 0.25) is 0 Å². The van der Waals surface area contributed by atoms with Crippen molar-refractivity contribution < 1.29 is 4.39 Å². The average Bonchev–Trinajstić information content (AvgIpc) is 2.85. The van der Waals surface area contributed by atoms with Crippen molar-refractivity contribution in [3.05, 3.63) is 60.4 Å². The van der Waals surface area contributed by atoms with Crippen LogP contribution in [0.3, 0.4) is 0 Å². The summed E-state index contributed by atoms with van der Waals surface area (Å²) in [5.41, 5.74) is 3.51. The molecule has 0 amide bonds. The molecule has 3 aromatic rings. The molecule has 2 aromatic heterocycles. The zero-order valence-corrected chi connectivity index (χ0v) is 11.0. The molecular formula is C16H15FN2. The highest BCUT2D eigenvalue weighted by molar-refractivity contribution is 5.66. The number of imidazole rings is 1. The largest absolute Gasteiger partial charge is 0.306 e. The van der Waals surface area contributed by atoms with Gasteiger partial charge in [0.15, 0.2) is 0 Å². The molecule has 2 heterocycles. The molecule has 2 nitrogen and oxygen atoms in total. The van der Waals surface area contributed by atoms with Gasteiger partial charge in [-0.3, -0.25) is 0 Å². The standard InChI is InChI=1S/C16H15FN2/c1-11(2)12-4-6-15(16(17)7-12)13-3-5-14-8-18-10-19(14)9-13/h3-11H,1-2H3. The van der Waals surface area contributed by atoms with Crippen molar-refractivity contribution in [1.82, 2.24) is 9.38 Å². The Labute approximate surface area is 111 Å². The Morgan fingerprint density at radius 3 is 2.74 bits per heavy atom. The second-order valence-electron chi connectivity index (χ2n) is 5.04. The molecule has 0 saturated heterocycles. The maximum absolute atomic E-state index is 14.2. The fraction of sp³-hybridized carbons (Fsp3) is 0.188.